The van der Waals surface area contributed by atoms with Crippen LogP contribution < -0.4 is 4.74 Å². The summed E-state index contributed by atoms with van der Waals surface area (Å²) in [4.78, 5) is 0. The zero-order valence-electron chi connectivity index (χ0n) is 7.17. The third-order valence-corrected chi connectivity index (χ3v) is 1.62. The van der Waals surface area contributed by atoms with E-state index in [-0.39, 0.29) is 11.6 Å². The van der Waals surface area contributed by atoms with E-state index in [2.05, 4.69) is 24.5 Å². The molecule has 0 fully saturated rings. The fraction of sp³-hybridized carbons (Fsp3) is 0.200. The van der Waals surface area contributed by atoms with Crippen LogP contribution in [0.5, 0.6) is 5.75 Å². The molecule has 0 amide bonds. The van der Waals surface area contributed by atoms with Gasteiger partial charge in [0, 0.05) is 5.56 Å². The minimum absolute atomic E-state index is 0.214. The van der Waals surface area contributed by atoms with E-state index >= 15 is 0 Å². The average molecular weight is 196 g/mol. The molecule has 1 rings (SSSR count). The largest absolute Gasteiger partial charge is 0.494 e. The van der Waals surface area contributed by atoms with Crippen molar-refractivity contribution in [3.63, 3.8) is 0 Å². The van der Waals surface area contributed by atoms with Crippen LogP contribution in [-0.4, -0.2) is 12.9 Å². The van der Waals surface area contributed by atoms with Crippen molar-refractivity contribution >= 4 is 12.6 Å². The lowest BCUT2D eigenvalue weighted by Gasteiger charge is -2.00. The Hall–Kier alpha value is -1.14. The molecular formula is C10H9FOS. The minimum atomic E-state index is -0.376. The summed E-state index contributed by atoms with van der Waals surface area (Å²) >= 11 is 3.94. The Morgan fingerprint density at radius 3 is 2.92 bits per heavy atom. The quantitative estimate of drug-likeness (QED) is 0.534. The molecule has 0 aromatic heterocycles. The zero-order valence-corrected chi connectivity index (χ0v) is 8.07. The standard InChI is InChI=1S/C10H9FOS/c1-12-10-7-8(3-2-6-13)4-5-9(10)11/h4-5,7,13H,6H2,1H3. The molecule has 0 unspecified atom stereocenters. The van der Waals surface area contributed by atoms with Crippen molar-refractivity contribution in [3.8, 4) is 17.6 Å². The SMILES string of the molecule is COc1cc(C#CCS)ccc1F. The third-order valence-electron chi connectivity index (χ3n) is 1.46. The molecule has 13 heavy (non-hydrogen) atoms. The molecule has 0 spiro atoms. The van der Waals surface area contributed by atoms with Gasteiger partial charge in [0.15, 0.2) is 11.6 Å². The second-order valence-electron chi connectivity index (χ2n) is 2.31. The van der Waals surface area contributed by atoms with E-state index < -0.39 is 0 Å². The van der Waals surface area contributed by atoms with E-state index in [1.807, 2.05) is 0 Å². The van der Waals surface area contributed by atoms with Gasteiger partial charge < -0.3 is 4.74 Å². The number of rotatable bonds is 1. The Morgan fingerprint density at radius 2 is 2.31 bits per heavy atom. The first kappa shape index (κ1) is 9.94. The van der Waals surface area contributed by atoms with Crippen molar-refractivity contribution in [3.05, 3.63) is 29.6 Å². The van der Waals surface area contributed by atoms with Gasteiger partial charge in [-0.25, -0.2) is 4.39 Å². The summed E-state index contributed by atoms with van der Waals surface area (Å²) in [7, 11) is 1.42. The van der Waals surface area contributed by atoms with Crippen LogP contribution in [0.25, 0.3) is 0 Å². The highest BCUT2D eigenvalue weighted by atomic mass is 32.1. The Labute approximate surface area is 82.3 Å². The first-order valence-corrected chi connectivity index (χ1v) is 4.34. The molecule has 68 valence electrons. The van der Waals surface area contributed by atoms with E-state index in [4.69, 9.17) is 4.74 Å². The topological polar surface area (TPSA) is 9.23 Å². The minimum Gasteiger partial charge on any atom is -0.494 e. The summed E-state index contributed by atoms with van der Waals surface area (Å²) in [5, 5.41) is 0. The average Bonchev–Trinajstić information content (AvgIpc) is 2.16. The van der Waals surface area contributed by atoms with E-state index in [1.165, 1.54) is 13.2 Å². The van der Waals surface area contributed by atoms with Crippen LogP contribution in [0.3, 0.4) is 0 Å². The van der Waals surface area contributed by atoms with Gasteiger partial charge in [-0.15, -0.1) is 0 Å². The number of ether oxygens (including phenoxy) is 1. The molecule has 1 aromatic carbocycles. The summed E-state index contributed by atoms with van der Waals surface area (Å²) < 4.78 is 17.7. The van der Waals surface area contributed by atoms with Crippen molar-refractivity contribution in [1.82, 2.24) is 0 Å². The van der Waals surface area contributed by atoms with Gasteiger partial charge in [-0.3, -0.25) is 0 Å². The molecule has 0 bridgehead atoms. The van der Waals surface area contributed by atoms with Crippen molar-refractivity contribution in [2.45, 2.75) is 0 Å². The molecule has 0 radical (unpaired) electrons. The van der Waals surface area contributed by atoms with Crippen LogP contribution in [0.1, 0.15) is 5.56 Å². The van der Waals surface area contributed by atoms with Gasteiger partial charge in [0.2, 0.25) is 0 Å². The van der Waals surface area contributed by atoms with Crippen LogP contribution in [-0.2, 0) is 0 Å². The van der Waals surface area contributed by atoms with Crippen LogP contribution in [0.4, 0.5) is 4.39 Å². The van der Waals surface area contributed by atoms with E-state index in [1.54, 1.807) is 12.1 Å². The predicted octanol–water partition coefficient (Wildman–Crippen LogP) is 2.12. The highest BCUT2D eigenvalue weighted by Gasteiger charge is 2.00. The predicted molar refractivity (Wildman–Crippen MR) is 53.7 cm³/mol. The molecule has 0 aliphatic rings. The fourth-order valence-electron chi connectivity index (χ4n) is 0.879. The lowest BCUT2D eigenvalue weighted by molar-refractivity contribution is 0.386. The third kappa shape index (κ3) is 2.67. The first-order valence-electron chi connectivity index (χ1n) is 3.71. The molecule has 1 nitrogen and oxygen atoms in total. The van der Waals surface area contributed by atoms with E-state index in [0.717, 1.165) is 5.56 Å². The van der Waals surface area contributed by atoms with Gasteiger partial charge in [-0.1, -0.05) is 11.8 Å². The second kappa shape index (κ2) is 4.78. The Bertz CT molecular complexity index is 352. The lowest BCUT2D eigenvalue weighted by Crippen LogP contribution is -1.88. The molecule has 0 aliphatic heterocycles. The van der Waals surface area contributed by atoms with Crippen LogP contribution >= 0.6 is 12.6 Å². The fourth-order valence-corrected chi connectivity index (χ4v) is 0.958. The van der Waals surface area contributed by atoms with E-state index in [9.17, 15) is 4.39 Å². The van der Waals surface area contributed by atoms with Crippen LogP contribution in [0, 0.1) is 17.7 Å². The summed E-state index contributed by atoms with van der Waals surface area (Å²) in [5.41, 5.74) is 0.729. The van der Waals surface area contributed by atoms with Gasteiger partial charge in [0.25, 0.3) is 0 Å². The molecule has 0 heterocycles. The molecule has 0 saturated carbocycles. The maximum atomic E-state index is 12.9. The zero-order chi connectivity index (χ0) is 9.68. The first-order chi connectivity index (χ1) is 6.27. The van der Waals surface area contributed by atoms with Gasteiger partial charge in [0.05, 0.1) is 12.9 Å². The Morgan fingerprint density at radius 1 is 1.54 bits per heavy atom. The highest BCUT2D eigenvalue weighted by Crippen LogP contribution is 2.17. The van der Waals surface area contributed by atoms with Crippen molar-refractivity contribution in [2.75, 3.05) is 12.9 Å². The molecule has 0 aliphatic carbocycles. The number of thiol groups is 1. The second-order valence-corrected chi connectivity index (χ2v) is 2.63. The number of methoxy groups -OCH3 is 1. The molecule has 0 saturated heterocycles. The van der Waals surface area contributed by atoms with Crippen LogP contribution in [0.15, 0.2) is 18.2 Å². The Balaban J connectivity index is 2.99. The molecule has 0 N–H and O–H groups in total. The molecule has 1 aromatic rings. The van der Waals surface area contributed by atoms with Gasteiger partial charge in [-0.2, -0.15) is 12.6 Å². The maximum Gasteiger partial charge on any atom is 0.165 e. The normalized spacial score (nSPS) is 8.85. The maximum absolute atomic E-state index is 12.9. The number of hydrogen-bond donors (Lipinski definition) is 1. The Kier molecular flexibility index (Phi) is 3.66. The van der Waals surface area contributed by atoms with Crippen molar-refractivity contribution in [1.29, 1.82) is 0 Å². The van der Waals surface area contributed by atoms with Gasteiger partial charge in [0.1, 0.15) is 0 Å². The van der Waals surface area contributed by atoms with E-state index in [0.29, 0.717) is 5.75 Å². The monoisotopic (exact) mass is 196 g/mol. The number of hydrogen-bond acceptors (Lipinski definition) is 2. The summed E-state index contributed by atoms with van der Waals surface area (Å²) in [5.74, 6) is 5.92. The van der Waals surface area contributed by atoms with Crippen molar-refractivity contribution < 1.29 is 9.13 Å². The molecule has 3 heteroatoms. The van der Waals surface area contributed by atoms with Crippen molar-refractivity contribution in [2.24, 2.45) is 0 Å². The van der Waals surface area contributed by atoms with Gasteiger partial charge in [-0.05, 0) is 18.2 Å². The number of benzene rings is 1. The lowest BCUT2D eigenvalue weighted by atomic mass is 10.2. The molecular weight excluding hydrogens is 187 g/mol. The summed E-state index contributed by atoms with van der Waals surface area (Å²) in [6, 6.07) is 4.50. The van der Waals surface area contributed by atoms with Crippen LogP contribution in [0.2, 0.25) is 0 Å². The van der Waals surface area contributed by atoms with Gasteiger partial charge >= 0.3 is 0 Å². The molecule has 0 atom stereocenters. The summed E-state index contributed by atoms with van der Waals surface area (Å²) in [6.45, 7) is 0. The summed E-state index contributed by atoms with van der Waals surface area (Å²) in [6.07, 6.45) is 0. The number of halogens is 1. The smallest absolute Gasteiger partial charge is 0.165 e. The highest BCUT2D eigenvalue weighted by molar-refractivity contribution is 7.80.